The number of amides is 1. The number of hydrogen-bond acceptors (Lipinski definition) is 2. The first kappa shape index (κ1) is 11.6. The summed E-state index contributed by atoms with van der Waals surface area (Å²) in [5.74, 6) is -0.0568. The van der Waals surface area contributed by atoms with Gasteiger partial charge in [-0.15, -0.1) is 0 Å². The van der Waals surface area contributed by atoms with E-state index in [1.165, 1.54) is 0 Å². The Labute approximate surface area is 104 Å². The topological polar surface area (TPSA) is 42.0 Å². The Kier molecular flexibility index (Phi) is 3.93. The molecule has 1 aliphatic rings. The molecule has 0 bridgehead atoms. The second-order valence-corrected chi connectivity index (χ2v) is 5.43. The van der Waals surface area contributed by atoms with Crippen molar-refractivity contribution in [2.75, 3.05) is 0 Å². The minimum atomic E-state index is -0.0568. The summed E-state index contributed by atoms with van der Waals surface area (Å²) < 4.78 is 0. The van der Waals surface area contributed by atoms with Crippen molar-refractivity contribution in [3.63, 3.8) is 0 Å². The van der Waals surface area contributed by atoms with E-state index in [0.717, 1.165) is 25.7 Å². The van der Waals surface area contributed by atoms with Gasteiger partial charge in [0.05, 0.1) is 0 Å². The van der Waals surface area contributed by atoms with E-state index in [1.54, 1.807) is 12.3 Å². The van der Waals surface area contributed by atoms with Crippen LogP contribution in [0.4, 0.5) is 0 Å². The highest BCUT2D eigenvalue weighted by Crippen LogP contribution is 2.24. The van der Waals surface area contributed by atoms with Crippen LogP contribution >= 0.6 is 15.9 Å². The standard InChI is InChI=1S/C12H15BrN2O/c13-9-4-6-10(7-5-9)15-12(16)11-3-1-2-8-14-11/h1-3,8-10H,4-7H2,(H,15,16). The molecule has 0 radical (unpaired) electrons. The first-order valence-corrected chi connectivity index (χ1v) is 6.53. The third kappa shape index (κ3) is 3.04. The van der Waals surface area contributed by atoms with E-state index in [-0.39, 0.29) is 5.91 Å². The zero-order valence-electron chi connectivity index (χ0n) is 9.03. The third-order valence-corrected chi connectivity index (χ3v) is 3.81. The molecule has 0 atom stereocenters. The molecule has 1 aromatic rings. The summed E-state index contributed by atoms with van der Waals surface area (Å²) >= 11 is 3.60. The number of carbonyl (C=O) groups excluding carboxylic acids is 1. The molecule has 1 saturated carbocycles. The number of hydrogen-bond donors (Lipinski definition) is 1. The van der Waals surface area contributed by atoms with Crippen LogP contribution in [0.2, 0.25) is 0 Å². The number of halogens is 1. The maximum atomic E-state index is 11.8. The molecule has 1 amide bonds. The molecule has 1 aromatic heterocycles. The first-order chi connectivity index (χ1) is 7.75. The lowest BCUT2D eigenvalue weighted by molar-refractivity contribution is 0.0923. The Morgan fingerprint density at radius 2 is 2.06 bits per heavy atom. The highest BCUT2D eigenvalue weighted by atomic mass is 79.9. The molecule has 1 heterocycles. The summed E-state index contributed by atoms with van der Waals surface area (Å²) in [5.41, 5.74) is 0.503. The molecule has 1 fully saturated rings. The number of carbonyl (C=O) groups is 1. The molecule has 0 saturated heterocycles. The van der Waals surface area contributed by atoms with Crippen LogP contribution in [0.3, 0.4) is 0 Å². The lowest BCUT2D eigenvalue weighted by Gasteiger charge is -2.25. The third-order valence-electron chi connectivity index (χ3n) is 2.89. The van der Waals surface area contributed by atoms with Crippen LogP contribution in [0.5, 0.6) is 0 Å². The Hall–Kier alpha value is -0.900. The van der Waals surface area contributed by atoms with E-state index < -0.39 is 0 Å². The molecule has 3 nitrogen and oxygen atoms in total. The minimum Gasteiger partial charge on any atom is -0.348 e. The fourth-order valence-corrected chi connectivity index (χ4v) is 2.48. The SMILES string of the molecule is O=C(NC1CCC(Br)CC1)c1ccccn1. The van der Waals surface area contributed by atoms with Crippen molar-refractivity contribution >= 4 is 21.8 Å². The molecule has 0 aliphatic heterocycles. The molecular formula is C12H15BrN2O. The van der Waals surface area contributed by atoms with E-state index in [4.69, 9.17) is 0 Å². The van der Waals surface area contributed by atoms with Gasteiger partial charge in [0.25, 0.3) is 5.91 Å². The predicted octanol–water partition coefficient (Wildman–Crippen LogP) is 2.52. The second-order valence-electron chi connectivity index (χ2n) is 4.14. The Morgan fingerprint density at radius 3 is 2.69 bits per heavy atom. The van der Waals surface area contributed by atoms with Gasteiger partial charge in [-0.3, -0.25) is 9.78 Å². The van der Waals surface area contributed by atoms with Gasteiger partial charge in [-0.1, -0.05) is 22.0 Å². The molecular weight excluding hydrogens is 268 g/mol. The zero-order valence-corrected chi connectivity index (χ0v) is 10.6. The van der Waals surface area contributed by atoms with E-state index >= 15 is 0 Å². The average molecular weight is 283 g/mol. The highest BCUT2D eigenvalue weighted by molar-refractivity contribution is 9.09. The van der Waals surface area contributed by atoms with Crippen LogP contribution in [-0.4, -0.2) is 21.8 Å². The Morgan fingerprint density at radius 1 is 1.31 bits per heavy atom. The largest absolute Gasteiger partial charge is 0.348 e. The normalized spacial score (nSPS) is 25.1. The van der Waals surface area contributed by atoms with E-state index in [1.807, 2.05) is 12.1 Å². The summed E-state index contributed by atoms with van der Waals surface area (Å²) in [5, 5.41) is 3.03. The maximum absolute atomic E-state index is 11.8. The van der Waals surface area contributed by atoms with Crippen LogP contribution < -0.4 is 5.32 Å². The summed E-state index contributed by atoms with van der Waals surface area (Å²) in [7, 11) is 0. The molecule has 0 aromatic carbocycles. The van der Waals surface area contributed by atoms with Gasteiger partial charge in [-0.25, -0.2) is 0 Å². The van der Waals surface area contributed by atoms with Crippen LogP contribution in [-0.2, 0) is 0 Å². The van der Waals surface area contributed by atoms with E-state index in [9.17, 15) is 4.79 Å². The van der Waals surface area contributed by atoms with Gasteiger partial charge >= 0.3 is 0 Å². The Balaban J connectivity index is 1.88. The number of alkyl halides is 1. The highest BCUT2D eigenvalue weighted by Gasteiger charge is 2.21. The monoisotopic (exact) mass is 282 g/mol. The summed E-state index contributed by atoms with van der Waals surface area (Å²) in [4.78, 5) is 16.5. The van der Waals surface area contributed by atoms with Crippen molar-refractivity contribution in [1.29, 1.82) is 0 Å². The van der Waals surface area contributed by atoms with Crippen LogP contribution in [0.25, 0.3) is 0 Å². The van der Waals surface area contributed by atoms with Crippen molar-refractivity contribution in [3.8, 4) is 0 Å². The molecule has 2 rings (SSSR count). The fraction of sp³-hybridized carbons (Fsp3) is 0.500. The smallest absolute Gasteiger partial charge is 0.270 e. The summed E-state index contributed by atoms with van der Waals surface area (Å²) in [6.07, 6.45) is 6.01. The molecule has 4 heteroatoms. The second kappa shape index (κ2) is 5.43. The van der Waals surface area contributed by atoms with Crippen molar-refractivity contribution in [2.45, 2.75) is 36.6 Å². The van der Waals surface area contributed by atoms with Crippen LogP contribution in [0, 0.1) is 0 Å². The molecule has 0 unspecified atom stereocenters. The van der Waals surface area contributed by atoms with Crippen molar-refractivity contribution < 1.29 is 4.79 Å². The predicted molar refractivity (Wildman–Crippen MR) is 66.7 cm³/mol. The van der Waals surface area contributed by atoms with Gasteiger partial charge in [0.2, 0.25) is 0 Å². The Bertz CT molecular complexity index is 347. The van der Waals surface area contributed by atoms with E-state index in [0.29, 0.717) is 16.6 Å². The number of rotatable bonds is 2. The first-order valence-electron chi connectivity index (χ1n) is 5.61. The fourth-order valence-electron chi connectivity index (χ4n) is 1.95. The van der Waals surface area contributed by atoms with Gasteiger partial charge in [-0.05, 0) is 37.8 Å². The van der Waals surface area contributed by atoms with Gasteiger partial charge in [0.1, 0.15) is 5.69 Å². The minimum absolute atomic E-state index is 0.0568. The molecule has 1 aliphatic carbocycles. The van der Waals surface area contributed by atoms with Gasteiger partial charge < -0.3 is 5.32 Å². The molecule has 16 heavy (non-hydrogen) atoms. The molecule has 0 spiro atoms. The lowest BCUT2D eigenvalue weighted by atomic mass is 9.95. The van der Waals surface area contributed by atoms with Gasteiger partial charge in [-0.2, -0.15) is 0 Å². The van der Waals surface area contributed by atoms with Crippen molar-refractivity contribution in [3.05, 3.63) is 30.1 Å². The molecule has 1 N–H and O–H groups in total. The zero-order chi connectivity index (χ0) is 11.4. The average Bonchev–Trinajstić information content (AvgIpc) is 2.33. The van der Waals surface area contributed by atoms with Crippen LogP contribution in [0.1, 0.15) is 36.2 Å². The number of nitrogens with zero attached hydrogens (tertiary/aromatic N) is 1. The number of pyridine rings is 1. The van der Waals surface area contributed by atoms with Gasteiger partial charge in [0, 0.05) is 17.1 Å². The molecule has 86 valence electrons. The lowest BCUT2D eigenvalue weighted by Crippen LogP contribution is -2.38. The van der Waals surface area contributed by atoms with E-state index in [2.05, 4.69) is 26.2 Å². The quantitative estimate of drug-likeness (QED) is 0.847. The summed E-state index contributed by atoms with van der Waals surface area (Å²) in [6, 6.07) is 5.69. The summed E-state index contributed by atoms with van der Waals surface area (Å²) in [6.45, 7) is 0. The van der Waals surface area contributed by atoms with Gasteiger partial charge in [0.15, 0.2) is 0 Å². The number of nitrogens with one attached hydrogen (secondary N) is 1. The van der Waals surface area contributed by atoms with Crippen molar-refractivity contribution in [1.82, 2.24) is 10.3 Å². The maximum Gasteiger partial charge on any atom is 0.270 e. The van der Waals surface area contributed by atoms with Crippen LogP contribution in [0.15, 0.2) is 24.4 Å². The number of aromatic nitrogens is 1. The van der Waals surface area contributed by atoms with Crippen molar-refractivity contribution in [2.24, 2.45) is 0 Å².